The first kappa shape index (κ1) is 13.9. The highest BCUT2D eigenvalue weighted by Crippen LogP contribution is 2.34. The van der Waals surface area contributed by atoms with Gasteiger partial charge < -0.3 is 14.8 Å². The Morgan fingerprint density at radius 2 is 2.05 bits per heavy atom. The summed E-state index contributed by atoms with van der Waals surface area (Å²) < 4.78 is 5.83. The van der Waals surface area contributed by atoms with E-state index in [1.54, 1.807) is 0 Å². The van der Waals surface area contributed by atoms with Gasteiger partial charge in [0.05, 0.1) is 0 Å². The van der Waals surface area contributed by atoms with Crippen LogP contribution in [0.2, 0.25) is 0 Å². The molecule has 0 radical (unpaired) electrons. The Morgan fingerprint density at radius 1 is 1.26 bits per heavy atom. The Bertz CT molecular complexity index is 557. The standard InChI is InChI=1S/C16H23NO2/c1-4-6-9-17-13-8-7-12(5-2)16-15(13)11(3)14(10-18)19-16/h7-8,17-18H,4-6,9-10H2,1-3H3. The van der Waals surface area contributed by atoms with E-state index in [1.807, 2.05) is 6.92 Å². The van der Waals surface area contributed by atoms with Crippen molar-refractivity contribution in [2.75, 3.05) is 11.9 Å². The third-order valence-corrected chi connectivity index (χ3v) is 3.63. The Labute approximate surface area is 114 Å². The third-order valence-electron chi connectivity index (χ3n) is 3.63. The van der Waals surface area contributed by atoms with Crippen molar-refractivity contribution < 1.29 is 9.52 Å². The second-order valence-electron chi connectivity index (χ2n) is 4.92. The van der Waals surface area contributed by atoms with Crippen LogP contribution in [0.1, 0.15) is 43.6 Å². The first-order chi connectivity index (χ1) is 9.22. The summed E-state index contributed by atoms with van der Waals surface area (Å²) in [6.07, 6.45) is 3.26. The zero-order valence-corrected chi connectivity index (χ0v) is 12.0. The molecule has 1 aromatic heterocycles. The van der Waals surface area contributed by atoms with Gasteiger partial charge in [-0.15, -0.1) is 0 Å². The molecule has 0 saturated heterocycles. The molecule has 19 heavy (non-hydrogen) atoms. The molecule has 0 aliphatic rings. The fourth-order valence-corrected chi connectivity index (χ4v) is 2.43. The predicted molar refractivity (Wildman–Crippen MR) is 79.6 cm³/mol. The second kappa shape index (κ2) is 6.11. The third kappa shape index (κ3) is 2.61. The van der Waals surface area contributed by atoms with Gasteiger partial charge in [0.25, 0.3) is 0 Å². The van der Waals surface area contributed by atoms with Crippen LogP contribution in [-0.2, 0) is 13.0 Å². The second-order valence-corrected chi connectivity index (χ2v) is 4.92. The van der Waals surface area contributed by atoms with Crippen molar-refractivity contribution in [2.45, 2.75) is 46.6 Å². The van der Waals surface area contributed by atoms with E-state index in [2.05, 4.69) is 31.3 Å². The van der Waals surface area contributed by atoms with E-state index >= 15 is 0 Å². The molecule has 3 heteroatoms. The van der Waals surface area contributed by atoms with Crippen LogP contribution >= 0.6 is 0 Å². The molecule has 0 unspecified atom stereocenters. The molecule has 1 aromatic carbocycles. The van der Waals surface area contributed by atoms with E-state index in [0.717, 1.165) is 41.6 Å². The van der Waals surface area contributed by atoms with Crippen molar-refractivity contribution in [1.82, 2.24) is 0 Å². The summed E-state index contributed by atoms with van der Waals surface area (Å²) in [5, 5.41) is 14.0. The lowest BCUT2D eigenvalue weighted by molar-refractivity contribution is 0.249. The number of anilines is 1. The first-order valence-electron chi connectivity index (χ1n) is 7.11. The van der Waals surface area contributed by atoms with Gasteiger partial charge in [-0.3, -0.25) is 0 Å². The number of aryl methyl sites for hydroxylation is 2. The van der Waals surface area contributed by atoms with Gasteiger partial charge in [-0.05, 0) is 31.4 Å². The van der Waals surface area contributed by atoms with Gasteiger partial charge in [-0.1, -0.05) is 26.3 Å². The van der Waals surface area contributed by atoms with Gasteiger partial charge in [0.2, 0.25) is 0 Å². The molecule has 0 spiro atoms. The molecule has 2 N–H and O–H groups in total. The molecule has 104 valence electrons. The lowest BCUT2D eigenvalue weighted by Crippen LogP contribution is -2.01. The fraction of sp³-hybridized carbons (Fsp3) is 0.500. The first-order valence-corrected chi connectivity index (χ1v) is 7.11. The minimum absolute atomic E-state index is 0.0436. The molecule has 0 aliphatic carbocycles. The molecule has 2 aromatic rings. The SMILES string of the molecule is CCCCNc1ccc(CC)c2oc(CO)c(C)c12. The maximum Gasteiger partial charge on any atom is 0.139 e. The largest absolute Gasteiger partial charge is 0.458 e. The van der Waals surface area contributed by atoms with Crippen molar-refractivity contribution in [3.63, 3.8) is 0 Å². The van der Waals surface area contributed by atoms with Gasteiger partial charge in [0.15, 0.2) is 0 Å². The van der Waals surface area contributed by atoms with E-state index in [4.69, 9.17) is 4.42 Å². The highest BCUT2D eigenvalue weighted by molar-refractivity contribution is 5.96. The van der Waals surface area contributed by atoms with Crippen LogP contribution in [0.15, 0.2) is 16.5 Å². The zero-order chi connectivity index (χ0) is 13.8. The summed E-state index contributed by atoms with van der Waals surface area (Å²) in [4.78, 5) is 0. The van der Waals surface area contributed by atoms with Crippen molar-refractivity contribution in [3.8, 4) is 0 Å². The topological polar surface area (TPSA) is 45.4 Å². The predicted octanol–water partition coefficient (Wildman–Crippen LogP) is 4.01. The summed E-state index contributed by atoms with van der Waals surface area (Å²) in [7, 11) is 0. The normalized spacial score (nSPS) is 11.2. The maximum absolute atomic E-state index is 9.37. The molecule has 0 bridgehead atoms. The van der Waals surface area contributed by atoms with Gasteiger partial charge in [-0.25, -0.2) is 0 Å². The zero-order valence-electron chi connectivity index (χ0n) is 12.0. The molecular weight excluding hydrogens is 238 g/mol. The lowest BCUT2D eigenvalue weighted by Gasteiger charge is -2.09. The highest BCUT2D eigenvalue weighted by atomic mass is 16.4. The summed E-state index contributed by atoms with van der Waals surface area (Å²) >= 11 is 0. The Balaban J connectivity index is 2.49. The molecule has 0 aliphatic heterocycles. The molecule has 0 atom stereocenters. The van der Waals surface area contributed by atoms with E-state index in [0.29, 0.717) is 5.76 Å². The van der Waals surface area contributed by atoms with E-state index in [-0.39, 0.29) is 6.61 Å². The lowest BCUT2D eigenvalue weighted by atomic mass is 10.0. The number of hydrogen-bond donors (Lipinski definition) is 2. The Kier molecular flexibility index (Phi) is 4.48. The van der Waals surface area contributed by atoms with Crippen LogP contribution in [0.4, 0.5) is 5.69 Å². The van der Waals surface area contributed by atoms with Gasteiger partial charge >= 0.3 is 0 Å². The van der Waals surface area contributed by atoms with Crippen LogP contribution in [0.3, 0.4) is 0 Å². The van der Waals surface area contributed by atoms with Crippen molar-refractivity contribution in [2.24, 2.45) is 0 Å². The van der Waals surface area contributed by atoms with E-state index < -0.39 is 0 Å². The van der Waals surface area contributed by atoms with Crippen LogP contribution < -0.4 is 5.32 Å². The Hall–Kier alpha value is -1.48. The molecule has 0 fully saturated rings. The van der Waals surface area contributed by atoms with Crippen molar-refractivity contribution in [1.29, 1.82) is 0 Å². The molecule has 2 rings (SSSR count). The molecule has 3 nitrogen and oxygen atoms in total. The number of rotatable bonds is 6. The number of furan rings is 1. The van der Waals surface area contributed by atoms with Crippen LogP contribution in [0, 0.1) is 6.92 Å². The summed E-state index contributed by atoms with van der Waals surface area (Å²) in [5.41, 5.74) is 4.28. The van der Waals surface area contributed by atoms with Crippen LogP contribution in [0.5, 0.6) is 0 Å². The smallest absolute Gasteiger partial charge is 0.139 e. The van der Waals surface area contributed by atoms with Gasteiger partial charge in [0, 0.05) is 23.2 Å². The highest BCUT2D eigenvalue weighted by Gasteiger charge is 2.15. The summed E-state index contributed by atoms with van der Waals surface area (Å²) in [6, 6.07) is 4.24. The van der Waals surface area contributed by atoms with E-state index in [1.165, 1.54) is 12.0 Å². The number of nitrogens with one attached hydrogen (secondary N) is 1. The fourth-order valence-electron chi connectivity index (χ4n) is 2.43. The number of fused-ring (bicyclic) bond motifs is 1. The minimum atomic E-state index is -0.0436. The van der Waals surface area contributed by atoms with Gasteiger partial charge in [-0.2, -0.15) is 0 Å². The number of unbranched alkanes of at least 4 members (excludes halogenated alkanes) is 1. The summed E-state index contributed by atoms with van der Waals surface area (Å²) in [5.74, 6) is 0.675. The van der Waals surface area contributed by atoms with E-state index in [9.17, 15) is 5.11 Å². The molecular formula is C16H23NO2. The number of aliphatic hydroxyl groups excluding tert-OH is 1. The Morgan fingerprint density at radius 3 is 2.68 bits per heavy atom. The average Bonchev–Trinajstić information content (AvgIpc) is 2.77. The van der Waals surface area contributed by atoms with Crippen molar-refractivity contribution in [3.05, 3.63) is 29.0 Å². The summed E-state index contributed by atoms with van der Waals surface area (Å²) in [6.45, 7) is 7.25. The van der Waals surface area contributed by atoms with Gasteiger partial charge in [0.1, 0.15) is 18.0 Å². The maximum atomic E-state index is 9.37. The monoisotopic (exact) mass is 261 g/mol. The number of benzene rings is 1. The quantitative estimate of drug-likeness (QED) is 0.772. The number of hydrogen-bond acceptors (Lipinski definition) is 3. The number of aliphatic hydroxyl groups is 1. The molecule has 0 amide bonds. The molecule has 1 heterocycles. The van der Waals surface area contributed by atoms with Crippen LogP contribution in [-0.4, -0.2) is 11.7 Å². The molecule has 0 saturated carbocycles. The average molecular weight is 261 g/mol. The minimum Gasteiger partial charge on any atom is -0.458 e. The van der Waals surface area contributed by atoms with Crippen LogP contribution in [0.25, 0.3) is 11.0 Å². The van der Waals surface area contributed by atoms with Crippen molar-refractivity contribution >= 4 is 16.7 Å².